The third-order valence-electron chi connectivity index (χ3n) is 6.31. The second-order valence-corrected chi connectivity index (χ2v) is 9.41. The molecule has 0 bridgehead atoms. The van der Waals surface area contributed by atoms with Crippen molar-refractivity contribution >= 4 is 16.6 Å². The Labute approximate surface area is 233 Å². The highest BCUT2D eigenvalue weighted by atomic mass is 19.4. The summed E-state index contributed by atoms with van der Waals surface area (Å²) in [5.41, 5.74) is 3.10. The van der Waals surface area contributed by atoms with Gasteiger partial charge in [-0.2, -0.15) is 27.1 Å². The van der Waals surface area contributed by atoms with Crippen molar-refractivity contribution in [3.05, 3.63) is 74.8 Å². The maximum absolute atomic E-state index is 14.7. The van der Waals surface area contributed by atoms with Gasteiger partial charge in [0.2, 0.25) is 0 Å². The third kappa shape index (κ3) is 7.69. The van der Waals surface area contributed by atoms with E-state index in [4.69, 9.17) is 5.73 Å². The highest BCUT2D eigenvalue weighted by Crippen LogP contribution is 2.38. The zero-order valence-electron chi connectivity index (χ0n) is 21.9. The molecule has 1 aromatic carbocycles. The Morgan fingerprint density at radius 2 is 1.81 bits per heavy atom. The molecule has 0 unspecified atom stereocenters. The predicted octanol–water partition coefficient (Wildman–Crippen LogP) is 4.65. The van der Waals surface area contributed by atoms with E-state index in [1.165, 1.54) is 23.0 Å². The van der Waals surface area contributed by atoms with Crippen molar-refractivity contribution in [2.24, 2.45) is 0 Å². The first kappa shape index (κ1) is 30.6. The molecule has 0 amide bonds. The lowest BCUT2D eigenvalue weighted by Crippen LogP contribution is -2.24. The van der Waals surface area contributed by atoms with Crippen LogP contribution in [0.4, 0.5) is 32.0 Å². The fraction of sp³-hybridized carbons (Fsp3) is 0.385. The van der Waals surface area contributed by atoms with Gasteiger partial charge in [-0.25, -0.2) is 14.5 Å². The van der Waals surface area contributed by atoms with Gasteiger partial charge in [-0.15, -0.1) is 0 Å². The number of nitrogen functional groups attached to an aromatic ring is 1. The minimum atomic E-state index is -4.74. The van der Waals surface area contributed by atoms with E-state index in [0.29, 0.717) is 42.9 Å². The van der Waals surface area contributed by atoms with E-state index in [0.717, 1.165) is 24.7 Å². The number of aromatic nitrogens is 6. The van der Waals surface area contributed by atoms with Gasteiger partial charge in [-0.05, 0) is 44.2 Å². The average Bonchev–Trinajstić information content (AvgIpc) is 3.77. The summed E-state index contributed by atoms with van der Waals surface area (Å²) in [6.45, 7) is -2.42. The van der Waals surface area contributed by atoms with Crippen LogP contribution in [0.1, 0.15) is 49.3 Å². The smallest absolute Gasteiger partial charge is 0.397 e. The van der Waals surface area contributed by atoms with Crippen molar-refractivity contribution in [2.75, 3.05) is 12.3 Å². The maximum atomic E-state index is 14.7. The normalized spacial score (nSPS) is 13.3. The second kappa shape index (κ2) is 13.1. The van der Waals surface area contributed by atoms with Crippen LogP contribution in [0.3, 0.4) is 0 Å². The van der Waals surface area contributed by atoms with Crippen LogP contribution in [-0.4, -0.2) is 42.9 Å². The molecule has 42 heavy (non-hydrogen) atoms. The zero-order chi connectivity index (χ0) is 30.4. The molecule has 1 aliphatic rings. The number of aromatic amines is 1. The molecule has 3 aromatic heterocycles. The number of nitrogens with one attached hydrogen (secondary N) is 1. The van der Waals surface area contributed by atoms with E-state index in [1.807, 2.05) is 0 Å². The summed E-state index contributed by atoms with van der Waals surface area (Å²) >= 11 is 0. The van der Waals surface area contributed by atoms with Crippen molar-refractivity contribution in [3.63, 3.8) is 0 Å². The molecule has 0 aliphatic heterocycles. The van der Waals surface area contributed by atoms with Gasteiger partial charge in [-0.1, -0.05) is 0 Å². The molecule has 3 heterocycles. The average molecular weight is 598 g/mol. The fourth-order valence-corrected chi connectivity index (χ4v) is 4.04. The molecule has 224 valence electrons. The number of rotatable bonds is 9. The lowest BCUT2D eigenvalue weighted by molar-refractivity contribution is -0.138. The molecule has 1 aliphatic carbocycles. The number of hydrogen-bond acceptors (Lipinski definition) is 8. The first-order valence-corrected chi connectivity index (χ1v) is 12.8. The highest BCUT2D eigenvalue weighted by molar-refractivity contribution is 5.83. The van der Waals surface area contributed by atoms with E-state index < -0.39 is 35.4 Å². The van der Waals surface area contributed by atoms with E-state index in [1.54, 1.807) is 17.5 Å². The minimum Gasteiger partial charge on any atom is -0.397 e. The van der Waals surface area contributed by atoms with Gasteiger partial charge in [0.25, 0.3) is 11.1 Å². The van der Waals surface area contributed by atoms with Crippen LogP contribution in [0.25, 0.3) is 22.2 Å². The van der Waals surface area contributed by atoms with Gasteiger partial charge < -0.3 is 10.5 Å². The fourth-order valence-electron chi connectivity index (χ4n) is 4.04. The predicted molar refractivity (Wildman–Crippen MR) is 139 cm³/mol. The summed E-state index contributed by atoms with van der Waals surface area (Å²) in [4.78, 5) is 36.2. The van der Waals surface area contributed by atoms with Crippen LogP contribution < -0.4 is 16.9 Å². The third-order valence-corrected chi connectivity index (χ3v) is 6.31. The Balaban J connectivity index is 0.000000283. The van der Waals surface area contributed by atoms with Crippen molar-refractivity contribution in [1.29, 1.82) is 0 Å². The number of halogens is 6. The van der Waals surface area contributed by atoms with E-state index in [9.17, 15) is 35.9 Å². The number of benzene rings is 1. The molecular weight excluding hydrogens is 572 g/mol. The van der Waals surface area contributed by atoms with Crippen molar-refractivity contribution < 1.29 is 31.1 Å². The second-order valence-electron chi connectivity index (χ2n) is 9.41. The van der Waals surface area contributed by atoms with E-state index in [2.05, 4.69) is 24.8 Å². The molecule has 10 nitrogen and oxygen atoms in total. The number of aryl methyl sites for hydroxylation is 1. The molecule has 4 aromatic rings. The van der Waals surface area contributed by atoms with Crippen molar-refractivity contribution in [2.45, 2.75) is 57.4 Å². The van der Waals surface area contributed by atoms with Crippen molar-refractivity contribution in [3.8, 4) is 11.3 Å². The quantitative estimate of drug-likeness (QED) is 0.210. The Bertz CT molecular complexity index is 1640. The standard InChI is InChI=1S/C21H21F3N4O2.C5H4F3N3O/c22-16-8-15-17(9-14(16)19-11-25-18(10-26-19)13-4-5-13)27-12-28(20(15)29)6-2-1-3-7-30-21(23)24;6-5(7,8)3-2(9)1-10-11-4(3)12/h8-13,21H,1-7H2;1H,(H3,9,11,12). The maximum Gasteiger partial charge on any atom is 0.423 e. The van der Waals surface area contributed by atoms with Gasteiger partial charge >= 0.3 is 12.8 Å². The molecule has 5 rings (SSSR count). The number of fused-ring (bicyclic) bond motifs is 1. The molecule has 0 atom stereocenters. The molecule has 0 spiro atoms. The molecule has 3 N–H and O–H groups in total. The first-order valence-electron chi connectivity index (χ1n) is 12.8. The van der Waals surface area contributed by atoms with Crippen LogP contribution in [0.15, 0.2) is 46.6 Å². The van der Waals surface area contributed by atoms with Gasteiger partial charge in [0.1, 0.15) is 11.4 Å². The highest BCUT2D eigenvalue weighted by Gasteiger charge is 2.36. The zero-order valence-corrected chi connectivity index (χ0v) is 21.9. The number of hydrogen-bond donors (Lipinski definition) is 2. The van der Waals surface area contributed by atoms with E-state index >= 15 is 0 Å². The molecular formula is C26H25F6N7O3. The number of nitrogens with two attached hydrogens (primary N) is 1. The largest absolute Gasteiger partial charge is 0.423 e. The Morgan fingerprint density at radius 1 is 1.05 bits per heavy atom. The number of unbranched alkanes of at least 4 members (excludes halogenated alkanes) is 2. The topological polar surface area (TPSA) is 142 Å². The lowest BCUT2D eigenvalue weighted by Gasteiger charge is -2.09. The van der Waals surface area contributed by atoms with Crippen molar-refractivity contribution in [1.82, 2.24) is 29.7 Å². The molecule has 0 saturated heterocycles. The molecule has 0 radical (unpaired) electrons. The van der Waals surface area contributed by atoms with Gasteiger partial charge in [-0.3, -0.25) is 24.1 Å². The summed E-state index contributed by atoms with van der Waals surface area (Å²) in [5, 5.41) is 4.92. The number of nitrogens with zero attached hydrogens (tertiary/aromatic N) is 5. The Kier molecular flexibility index (Phi) is 9.55. The van der Waals surface area contributed by atoms with Crippen LogP contribution in [0.2, 0.25) is 0 Å². The number of ether oxygens (including phenoxy) is 1. The molecule has 16 heteroatoms. The van der Waals surface area contributed by atoms with Crippen LogP contribution in [0.5, 0.6) is 0 Å². The summed E-state index contributed by atoms with van der Waals surface area (Å²) in [6.07, 6.45) is 4.57. The summed E-state index contributed by atoms with van der Waals surface area (Å²) in [6, 6.07) is 2.70. The number of anilines is 1. The van der Waals surface area contributed by atoms with Gasteiger partial charge in [0.15, 0.2) is 0 Å². The number of H-pyrrole nitrogens is 1. The summed E-state index contributed by atoms with van der Waals surface area (Å²) in [5.74, 6) is -0.0956. The van der Waals surface area contributed by atoms with E-state index in [-0.39, 0.29) is 23.1 Å². The van der Waals surface area contributed by atoms with Gasteiger partial charge in [0.05, 0.1) is 53.3 Å². The Morgan fingerprint density at radius 3 is 2.40 bits per heavy atom. The first-order chi connectivity index (χ1) is 20.0. The monoisotopic (exact) mass is 597 g/mol. The Hall–Kier alpha value is -4.34. The van der Waals surface area contributed by atoms with Gasteiger partial charge in [0, 0.05) is 24.2 Å². The lowest BCUT2D eigenvalue weighted by atomic mass is 10.1. The molecule has 1 fully saturated rings. The summed E-state index contributed by atoms with van der Waals surface area (Å²) < 4.78 is 80.1. The summed E-state index contributed by atoms with van der Waals surface area (Å²) in [7, 11) is 0. The van der Waals surface area contributed by atoms with Crippen LogP contribution in [-0.2, 0) is 17.5 Å². The minimum absolute atomic E-state index is 0.0267. The SMILES string of the molecule is Nc1cn[nH]c(=O)c1C(F)(F)F.O=c1c2cc(F)c(-c3cnc(C4CC4)cn3)cc2ncn1CCCCCOC(F)F. The number of alkyl halides is 5. The molecule has 1 saturated carbocycles. The van der Waals surface area contributed by atoms with Crippen LogP contribution in [0, 0.1) is 5.82 Å². The van der Waals surface area contributed by atoms with Crippen LogP contribution >= 0.6 is 0 Å².